The van der Waals surface area contributed by atoms with Gasteiger partial charge in [0.05, 0.1) is 12.5 Å². The first-order valence-corrected chi connectivity index (χ1v) is 8.47. The number of amides is 1. The van der Waals surface area contributed by atoms with Crippen molar-refractivity contribution in [2.75, 3.05) is 6.54 Å². The third-order valence-corrected chi connectivity index (χ3v) is 3.73. The summed E-state index contributed by atoms with van der Waals surface area (Å²) in [6.07, 6.45) is 1.37. The molecule has 2 atom stereocenters. The van der Waals surface area contributed by atoms with E-state index >= 15 is 0 Å². The summed E-state index contributed by atoms with van der Waals surface area (Å²) in [5.41, 5.74) is 1.28. The monoisotopic (exact) mass is 334 g/mol. The number of carboxylic acid groups (broad SMARTS) is 1. The number of benzene rings is 1. The first-order chi connectivity index (χ1) is 11.2. The highest BCUT2D eigenvalue weighted by Gasteiger charge is 2.23. The van der Waals surface area contributed by atoms with Crippen molar-refractivity contribution in [2.45, 2.75) is 59.0 Å². The van der Waals surface area contributed by atoms with E-state index in [1.165, 1.54) is 0 Å². The summed E-state index contributed by atoms with van der Waals surface area (Å²) in [5, 5.41) is 15.0. The molecular weight excluding hydrogens is 304 g/mol. The van der Waals surface area contributed by atoms with Crippen molar-refractivity contribution in [1.29, 1.82) is 0 Å². The van der Waals surface area contributed by atoms with Crippen molar-refractivity contribution in [3.05, 3.63) is 35.9 Å². The summed E-state index contributed by atoms with van der Waals surface area (Å²) in [7, 11) is 0. The maximum absolute atomic E-state index is 12.4. The number of hydrogen-bond donors (Lipinski definition) is 3. The van der Waals surface area contributed by atoms with Crippen LogP contribution in [0.15, 0.2) is 30.3 Å². The Morgan fingerprint density at radius 1 is 1.17 bits per heavy atom. The number of nitrogens with one attached hydrogen (secondary N) is 2. The van der Waals surface area contributed by atoms with E-state index in [4.69, 9.17) is 5.11 Å². The van der Waals surface area contributed by atoms with Gasteiger partial charge in [0, 0.05) is 6.04 Å². The zero-order valence-corrected chi connectivity index (χ0v) is 15.1. The van der Waals surface area contributed by atoms with Crippen LogP contribution in [0.1, 0.15) is 46.1 Å². The summed E-state index contributed by atoms with van der Waals surface area (Å²) < 4.78 is 0. The Hall–Kier alpha value is -1.88. The van der Waals surface area contributed by atoms with E-state index in [0.29, 0.717) is 13.0 Å². The molecule has 0 aromatic heterocycles. The SMILES string of the molecule is CC(Cc1ccccc1)NC(=O)C(CC(=O)O)NCCC(C)(C)C. The van der Waals surface area contributed by atoms with Crippen LogP contribution >= 0.6 is 0 Å². The highest BCUT2D eigenvalue weighted by atomic mass is 16.4. The molecule has 0 heterocycles. The van der Waals surface area contributed by atoms with Crippen LogP contribution in [-0.4, -0.2) is 35.6 Å². The van der Waals surface area contributed by atoms with Gasteiger partial charge in [-0.3, -0.25) is 9.59 Å². The molecule has 1 aromatic carbocycles. The first-order valence-electron chi connectivity index (χ1n) is 8.47. The fourth-order valence-electron chi connectivity index (χ4n) is 2.42. The zero-order chi connectivity index (χ0) is 18.2. The van der Waals surface area contributed by atoms with Crippen LogP contribution in [0.3, 0.4) is 0 Å². The predicted octanol–water partition coefficient (Wildman–Crippen LogP) is 2.60. The number of hydrogen-bond acceptors (Lipinski definition) is 3. The number of carboxylic acids is 1. The van der Waals surface area contributed by atoms with Crippen LogP contribution < -0.4 is 10.6 Å². The molecule has 134 valence electrons. The topological polar surface area (TPSA) is 78.4 Å². The van der Waals surface area contributed by atoms with Gasteiger partial charge < -0.3 is 15.7 Å². The molecule has 1 aromatic rings. The van der Waals surface area contributed by atoms with E-state index < -0.39 is 12.0 Å². The number of carbonyl (C=O) groups is 2. The van der Waals surface area contributed by atoms with E-state index in [1.807, 2.05) is 37.3 Å². The summed E-state index contributed by atoms with van der Waals surface area (Å²) in [6, 6.07) is 9.15. The maximum atomic E-state index is 12.4. The van der Waals surface area contributed by atoms with Crippen molar-refractivity contribution in [3.8, 4) is 0 Å². The molecule has 0 aliphatic heterocycles. The summed E-state index contributed by atoms with van der Waals surface area (Å²) >= 11 is 0. The third-order valence-electron chi connectivity index (χ3n) is 3.73. The van der Waals surface area contributed by atoms with Gasteiger partial charge in [0.1, 0.15) is 0 Å². The molecule has 2 unspecified atom stereocenters. The van der Waals surface area contributed by atoms with Crippen LogP contribution in [0, 0.1) is 5.41 Å². The molecule has 5 heteroatoms. The number of aliphatic carboxylic acids is 1. The van der Waals surface area contributed by atoms with Gasteiger partial charge in [0.25, 0.3) is 0 Å². The lowest BCUT2D eigenvalue weighted by Crippen LogP contribution is -2.49. The molecule has 0 bridgehead atoms. The first kappa shape index (κ1) is 20.2. The lowest BCUT2D eigenvalue weighted by Gasteiger charge is -2.23. The molecule has 24 heavy (non-hydrogen) atoms. The molecule has 0 spiro atoms. The lowest BCUT2D eigenvalue weighted by atomic mass is 9.92. The lowest BCUT2D eigenvalue weighted by molar-refractivity contribution is -0.140. The molecule has 0 fully saturated rings. The highest BCUT2D eigenvalue weighted by molar-refractivity contribution is 5.86. The largest absolute Gasteiger partial charge is 0.481 e. The Balaban J connectivity index is 2.54. The van der Waals surface area contributed by atoms with Gasteiger partial charge in [-0.1, -0.05) is 51.1 Å². The second-order valence-electron chi connectivity index (χ2n) is 7.51. The quantitative estimate of drug-likeness (QED) is 0.649. The molecule has 1 rings (SSSR count). The molecule has 5 nitrogen and oxygen atoms in total. The standard InChI is InChI=1S/C19H30N2O3/c1-14(12-15-8-6-5-7-9-15)21-18(24)16(13-17(22)23)20-11-10-19(2,3)4/h5-9,14,16,20H,10-13H2,1-4H3,(H,21,24)(H,22,23). The fraction of sp³-hybridized carbons (Fsp3) is 0.579. The van der Waals surface area contributed by atoms with Gasteiger partial charge >= 0.3 is 5.97 Å². The molecule has 1 amide bonds. The van der Waals surface area contributed by atoms with Crippen molar-refractivity contribution in [2.24, 2.45) is 5.41 Å². The Bertz CT molecular complexity index is 523. The summed E-state index contributed by atoms with van der Waals surface area (Å²) in [4.78, 5) is 23.4. The Morgan fingerprint density at radius 3 is 2.33 bits per heavy atom. The molecule has 0 saturated heterocycles. The average molecular weight is 334 g/mol. The van der Waals surface area contributed by atoms with Crippen LogP contribution in [0.2, 0.25) is 0 Å². The van der Waals surface area contributed by atoms with E-state index in [1.54, 1.807) is 0 Å². The number of carbonyl (C=O) groups excluding carboxylic acids is 1. The van der Waals surface area contributed by atoms with Gasteiger partial charge in [-0.25, -0.2) is 0 Å². The predicted molar refractivity (Wildman–Crippen MR) is 95.9 cm³/mol. The van der Waals surface area contributed by atoms with Crippen molar-refractivity contribution >= 4 is 11.9 Å². The van der Waals surface area contributed by atoms with Gasteiger partial charge in [0.2, 0.25) is 5.91 Å². The average Bonchev–Trinajstić information content (AvgIpc) is 2.45. The molecule has 3 N–H and O–H groups in total. The van der Waals surface area contributed by atoms with E-state index in [2.05, 4.69) is 31.4 Å². The van der Waals surface area contributed by atoms with Crippen LogP contribution in [0.25, 0.3) is 0 Å². The van der Waals surface area contributed by atoms with E-state index in [0.717, 1.165) is 12.0 Å². The van der Waals surface area contributed by atoms with E-state index in [-0.39, 0.29) is 23.8 Å². The van der Waals surface area contributed by atoms with Gasteiger partial charge in [-0.05, 0) is 37.3 Å². The molecule has 0 aliphatic rings. The molecule has 0 radical (unpaired) electrons. The second-order valence-corrected chi connectivity index (χ2v) is 7.51. The Labute approximate surface area is 144 Å². The Kier molecular flexibility index (Phi) is 7.92. The fourth-order valence-corrected chi connectivity index (χ4v) is 2.42. The molecule has 0 aliphatic carbocycles. The van der Waals surface area contributed by atoms with Crippen molar-refractivity contribution < 1.29 is 14.7 Å². The normalized spacial score (nSPS) is 14.0. The second kappa shape index (κ2) is 9.42. The minimum atomic E-state index is -0.978. The molecular formula is C19H30N2O3. The smallest absolute Gasteiger partial charge is 0.305 e. The van der Waals surface area contributed by atoms with Crippen LogP contribution in [0.4, 0.5) is 0 Å². The third kappa shape index (κ3) is 8.67. The van der Waals surface area contributed by atoms with Crippen molar-refractivity contribution in [1.82, 2.24) is 10.6 Å². The minimum Gasteiger partial charge on any atom is -0.481 e. The number of rotatable bonds is 9. The van der Waals surface area contributed by atoms with Gasteiger partial charge in [-0.15, -0.1) is 0 Å². The summed E-state index contributed by atoms with van der Waals surface area (Å²) in [5.74, 6) is -1.23. The van der Waals surface area contributed by atoms with Crippen LogP contribution in [0.5, 0.6) is 0 Å². The Morgan fingerprint density at radius 2 is 1.79 bits per heavy atom. The van der Waals surface area contributed by atoms with Crippen molar-refractivity contribution in [3.63, 3.8) is 0 Å². The van der Waals surface area contributed by atoms with Gasteiger partial charge in [0.15, 0.2) is 0 Å². The summed E-state index contributed by atoms with van der Waals surface area (Å²) in [6.45, 7) is 8.88. The maximum Gasteiger partial charge on any atom is 0.305 e. The van der Waals surface area contributed by atoms with Crippen LogP contribution in [-0.2, 0) is 16.0 Å². The van der Waals surface area contributed by atoms with E-state index in [9.17, 15) is 9.59 Å². The highest BCUT2D eigenvalue weighted by Crippen LogP contribution is 2.17. The molecule has 0 saturated carbocycles. The minimum absolute atomic E-state index is 0.0550. The van der Waals surface area contributed by atoms with Gasteiger partial charge in [-0.2, -0.15) is 0 Å². The zero-order valence-electron chi connectivity index (χ0n) is 15.1.